The zero-order valence-electron chi connectivity index (χ0n) is 18.1. The lowest BCUT2D eigenvalue weighted by molar-refractivity contribution is 0.987. The van der Waals surface area contributed by atoms with Crippen molar-refractivity contribution in [3.05, 3.63) is 95.4 Å². The maximum Gasteiger partial charge on any atom is 0.0858 e. The molecule has 1 aromatic heterocycles. The molecule has 3 heteroatoms. The predicted octanol–water partition coefficient (Wildman–Crippen LogP) is 6.57. The van der Waals surface area contributed by atoms with E-state index in [1.165, 1.54) is 11.1 Å². The Morgan fingerprint density at radius 2 is 1.83 bits per heavy atom. The minimum atomic E-state index is 0.190. The van der Waals surface area contributed by atoms with Crippen LogP contribution in [-0.2, 0) is 0 Å². The Labute approximate surface area is 175 Å². The van der Waals surface area contributed by atoms with Crippen LogP contribution in [0.15, 0.2) is 78.0 Å². The van der Waals surface area contributed by atoms with E-state index in [2.05, 4.69) is 63.0 Å². The van der Waals surface area contributed by atoms with Gasteiger partial charge in [-0.25, -0.2) is 0 Å². The Balaban J connectivity index is 2.25. The molecule has 2 rings (SSSR count). The molecule has 0 amide bonds. The van der Waals surface area contributed by atoms with E-state index in [0.29, 0.717) is 5.70 Å². The van der Waals surface area contributed by atoms with E-state index in [9.17, 15) is 0 Å². The van der Waals surface area contributed by atoms with Gasteiger partial charge in [-0.2, -0.15) is 0 Å². The van der Waals surface area contributed by atoms with Gasteiger partial charge in [-0.15, -0.1) is 0 Å². The molecule has 0 saturated carbocycles. The van der Waals surface area contributed by atoms with E-state index in [1.807, 2.05) is 49.4 Å². The van der Waals surface area contributed by atoms with E-state index in [4.69, 9.17) is 10.7 Å². The average molecular weight is 386 g/mol. The highest BCUT2D eigenvalue weighted by Gasteiger charge is 2.08. The molecule has 0 aliphatic carbocycles. The van der Waals surface area contributed by atoms with Crippen molar-refractivity contribution in [3.8, 4) is 0 Å². The van der Waals surface area contributed by atoms with Gasteiger partial charge in [0.15, 0.2) is 0 Å². The van der Waals surface area contributed by atoms with Gasteiger partial charge in [-0.05, 0) is 57.0 Å². The SMILES string of the molecule is CC=C/C=C\c1c(C)ccc(C)c1N=C(C)C(C)/C=C\C=C(/N)c1ccccn1. The van der Waals surface area contributed by atoms with Gasteiger partial charge in [-0.3, -0.25) is 9.98 Å². The lowest BCUT2D eigenvalue weighted by Gasteiger charge is -2.12. The van der Waals surface area contributed by atoms with Gasteiger partial charge in [0, 0.05) is 23.4 Å². The number of nitrogens with zero attached hydrogens (tertiary/aromatic N) is 2. The number of benzene rings is 1. The van der Waals surface area contributed by atoms with Gasteiger partial charge in [0.2, 0.25) is 0 Å². The maximum atomic E-state index is 6.10. The van der Waals surface area contributed by atoms with Crippen LogP contribution in [0.5, 0.6) is 0 Å². The van der Waals surface area contributed by atoms with Crippen molar-refractivity contribution >= 4 is 23.2 Å². The molecule has 0 aliphatic rings. The second-order valence-corrected chi connectivity index (χ2v) is 7.11. The predicted molar refractivity (Wildman–Crippen MR) is 127 cm³/mol. The first-order valence-electron chi connectivity index (χ1n) is 9.94. The summed E-state index contributed by atoms with van der Waals surface area (Å²) in [6.07, 6.45) is 16.0. The molecule has 0 fully saturated rings. The number of aromatic nitrogens is 1. The lowest BCUT2D eigenvalue weighted by Crippen LogP contribution is -2.04. The number of nitrogens with two attached hydrogens (primary N) is 1. The summed E-state index contributed by atoms with van der Waals surface area (Å²) in [6, 6.07) is 9.99. The topological polar surface area (TPSA) is 51.3 Å². The van der Waals surface area contributed by atoms with Crippen molar-refractivity contribution < 1.29 is 0 Å². The summed E-state index contributed by atoms with van der Waals surface area (Å²) in [5.41, 5.74) is 13.2. The molecule has 29 heavy (non-hydrogen) atoms. The monoisotopic (exact) mass is 385 g/mol. The smallest absolute Gasteiger partial charge is 0.0858 e. The van der Waals surface area contributed by atoms with E-state index in [0.717, 1.165) is 22.7 Å². The van der Waals surface area contributed by atoms with Crippen LogP contribution >= 0.6 is 0 Å². The minimum Gasteiger partial charge on any atom is -0.397 e. The fourth-order valence-electron chi connectivity index (χ4n) is 2.80. The van der Waals surface area contributed by atoms with Crippen LogP contribution in [0.2, 0.25) is 0 Å². The zero-order valence-corrected chi connectivity index (χ0v) is 18.1. The van der Waals surface area contributed by atoms with Crippen molar-refractivity contribution in [1.82, 2.24) is 4.98 Å². The van der Waals surface area contributed by atoms with Crippen LogP contribution < -0.4 is 5.73 Å². The number of allylic oxidation sites excluding steroid dienone is 6. The molecule has 1 unspecified atom stereocenters. The number of aryl methyl sites for hydroxylation is 2. The van der Waals surface area contributed by atoms with Crippen molar-refractivity contribution in [2.45, 2.75) is 34.6 Å². The van der Waals surface area contributed by atoms with Crippen LogP contribution in [0.25, 0.3) is 11.8 Å². The summed E-state index contributed by atoms with van der Waals surface area (Å²) >= 11 is 0. The van der Waals surface area contributed by atoms with Crippen LogP contribution in [0, 0.1) is 19.8 Å². The molecule has 1 aromatic carbocycles. The van der Waals surface area contributed by atoms with Gasteiger partial charge in [0.1, 0.15) is 0 Å². The van der Waals surface area contributed by atoms with Gasteiger partial charge < -0.3 is 5.73 Å². The average Bonchev–Trinajstić information content (AvgIpc) is 2.73. The van der Waals surface area contributed by atoms with E-state index < -0.39 is 0 Å². The number of rotatable bonds is 7. The Morgan fingerprint density at radius 1 is 1.07 bits per heavy atom. The van der Waals surface area contributed by atoms with Gasteiger partial charge in [-0.1, -0.05) is 61.6 Å². The highest BCUT2D eigenvalue weighted by atomic mass is 14.8. The highest BCUT2D eigenvalue weighted by molar-refractivity contribution is 5.90. The largest absolute Gasteiger partial charge is 0.397 e. The fraction of sp³-hybridized carbons (Fsp3) is 0.231. The van der Waals surface area contributed by atoms with Crippen LogP contribution in [0.3, 0.4) is 0 Å². The summed E-state index contributed by atoms with van der Waals surface area (Å²) in [5, 5.41) is 0. The second kappa shape index (κ2) is 11.0. The van der Waals surface area contributed by atoms with E-state index >= 15 is 0 Å². The van der Waals surface area contributed by atoms with Gasteiger partial charge in [0.05, 0.1) is 17.1 Å². The third-order valence-electron chi connectivity index (χ3n) is 4.79. The highest BCUT2D eigenvalue weighted by Crippen LogP contribution is 2.29. The summed E-state index contributed by atoms with van der Waals surface area (Å²) in [4.78, 5) is 9.24. The van der Waals surface area contributed by atoms with Crippen molar-refractivity contribution in [1.29, 1.82) is 0 Å². The molecule has 0 radical (unpaired) electrons. The minimum absolute atomic E-state index is 0.190. The first-order chi connectivity index (χ1) is 13.9. The Kier molecular flexibility index (Phi) is 8.35. The molecular weight excluding hydrogens is 354 g/mol. The van der Waals surface area contributed by atoms with Crippen LogP contribution in [0.1, 0.15) is 43.2 Å². The third kappa shape index (κ3) is 6.42. The van der Waals surface area contributed by atoms with Crippen LogP contribution in [-0.4, -0.2) is 10.7 Å². The number of hydrogen-bond acceptors (Lipinski definition) is 3. The molecule has 1 atom stereocenters. The standard InChI is InChI=1S/C26H31N3/c1-6-7-8-13-23-20(3)16-17-21(4)26(23)29-22(5)19(2)12-11-14-24(27)25-15-9-10-18-28-25/h6-19H,27H2,1-5H3/b7-6?,12-11-,13-8-,24-14-,29-22?. The molecule has 0 bridgehead atoms. The van der Waals surface area contributed by atoms with E-state index in [1.54, 1.807) is 6.20 Å². The van der Waals surface area contributed by atoms with E-state index in [-0.39, 0.29) is 5.92 Å². The molecule has 1 heterocycles. The van der Waals surface area contributed by atoms with Gasteiger partial charge in [0.25, 0.3) is 0 Å². The number of hydrogen-bond donors (Lipinski definition) is 1. The summed E-state index contributed by atoms with van der Waals surface area (Å²) in [7, 11) is 0. The lowest BCUT2D eigenvalue weighted by atomic mass is 10.0. The summed E-state index contributed by atoms with van der Waals surface area (Å²) in [5.74, 6) is 0.190. The molecule has 0 spiro atoms. The van der Waals surface area contributed by atoms with Crippen molar-refractivity contribution in [2.24, 2.45) is 16.6 Å². The third-order valence-corrected chi connectivity index (χ3v) is 4.79. The van der Waals surface area contributed by atoms with Crippen molar-refractivity contribution in [3.63, 3.8) is 0 Å². The molecule has 0 saturated heterocycles. The van der Waals surface area contributed by atoms with Gasteiger partial charge >= 0.3 is 0 Å². The first-order valence-corrected chi connectivity index (χ1v) is 9.94. The number of aliphatic imine (C=N–C) groups is 1. The summed E-state index contributed by atoms with van der Waals surface area (Å²) in [6.45, 7) is 10.5. The van der Waals surface area contributed by atoms with Crippen LogP contribution in [0.4, 0.5) is 5.69 Å². The second-order valence-electron chi connectivity index (χ2n) is 7.11. The zero-order chi connectivity index (χ0) is 21.2. The maximum absolute atomic E-state index is 6.10. The number of pyridine rings is 1. The van der Waals surface area contributed by atoms with Crippen molar-refractivity contribution in [2.75, 3.05) is 0 Å². The normalized spacial score (nSPS) is 14.4. The molecule has 2 N–H and O–H groups in total. The molecule has 3 nitrogen and oxygen atoms in total. The molecule has 150 valence electrons. The Morgan fingerprint density at radius 3 is 2.52 bits per heavy atom. The molecular formula is C26H31N3. The molecule has 0 aliphatic heterocycles. The summed E-state index contributed by atoms with van der Waals surface area (Å²) < 4.78 is 0. The quantitative estimate of drug-likeness (QED) is 0.433. The fourth-order valence-corrected chi connectivity index (χ4v) is 2.80. The Bertz CT molecular complexity index is 961. The molecule has 2 aromatic rings. The first kappa shape index (κ1) is 22.1. The Hall–Kier alpha value is -3.20.